The van der Waals surface area contributed by atoms with Gasteiger partial charge >= 0.3 is 5.97 Å². The molecule has 2 heterocycles. The lowest BCUT2D eigenvalue weighted by atomic mass is 10.0. The first kappa shape index (κ1) is 23.0. The van der Waals surface area contributed by atoms with Crippen LogP contribution in [0.25, 0.3) is 0 Å². The lowest BCUT2D eigenvalue weighted by Gasteiger charge is -2.37. The van der Waals surface area contributed by atoms with E-state index in [9.17, 15) is 14.7 Å². The molecule has 160 valence electrons. The second kappa shape index (κ2) is 9.98. The minimum Gasteiger partial charge on any atom is -0.477 e. The summed E-state index contributed by atoms with van der Waals surface area (Å²) in [6, 6.07) is -0.148. The van der Waals surface area contributed by atoms with Gasteiger partial charge in [0.15, 0.2) is 5.13 Å². The van der Waals surface area contributed by atoms with Crippen molar-refractivity contribution in [2.45, 2.75) is 59.6 Å². The van der Waals surface area contributed by atoms with E-state index in [1.165, 1.54) is 11.3 Å². The number of nitrogens with zero attached hydrogens (tertiary/aromatic N) is 3. The molecule has 1 unspecified atom stereocenters. The van der Waals surface area contributed by atoms with Crippen molar-refractivity contribution in [1.82, 2.24) is 10.3 Å². The van der Waals surface area contributed by atoms with Crippen LogP contribution in [0.4, 0.5) is 5.13 Å². The second-order valence-electron chi connectivity index (χ2n) is 7.22. The first-order valence-corrected chi connectivity index (χ1v) is 10.5. The molecule has 2 atom stereocenters. The van der Waals surface area contributed by atoms with Crippen molar-refractivity contribution in [3.63, 3.8) is 0 Å². The molecule has 1 aliphatic heterocycles. The Balaban J connectivity index is 2.06. The summed E-state index contributed by atoms with van der Waals surface area (Å²) in [7, 11) is 1.61. The molecule has 1 aliphatic rings. The number of hydrogen-bond donors (Lipinski definition) is 2. The molecule has 9 heteroatoms. The monoisotopic (exact) mass is 422 g/mol. The first-order chi connectivity index (χ1) is 13.7. The van der Waals surface area contributed by atoms with Gasteiger partial charge in [-0.15, -0.1) is 0 Å². The molecule has 1 amide bonds. The highest BCUT2D eigenvalue weighted by molar-refractivity contribution is 7.17. The van der Waals surface area contributed by atoms with Crippen LogP contribution in [0.5, 0.6) is 0 Å². The number of aliphatic imine (C=N–C) groups is 1. The van der Waals surface area contributed by atoms with Crippen molar-refractivity contribution in [3.05, 3.63) is 21.8 Å². The highest BCUT2D eigenvalue weighted by Gasteiger charge is 2.32. The van der Waals surface area contributed by atoms with Gasteiger partial charge in [-0.05, 0) is 40.5 Å². The average Bonchev–Trinajstić information content (AvgIpc) is 3.09. The average molecular weight is 423 g/mol. The van der Waals surface area contributed by atoms with Crippen LogP contribution in [-0.2, 0) is 9.53 Å². The Labute approximate surface area is 175 Å². The molecule has 0 radical (unpaired) electrons. The van der Waals surface area contributed by atoms with E-state index in [2.05, 4.69) is 22.2 Å². The van der Waals surface area contributed by atoms with Gasteiger partial charge in [0.25, 0.3) is 5.91 Å². The molecular weight excluding hydrogens is 392 g/mol. The van der Waals surface area contributed by atoms with E-state index in [1.807, 2.05) is 18.7 Å². The molecule has 1 aromatic heterocycles. The number of carboxylic acid groups (broad SMARTS) is 1. The predicted octanol–water partition coefficient (Wildman–Crippen LogP) is 3.02. The predicted molar refractivity (Wildman–Crippen MR) is 115 cm³/mol. The van der Waals surface area contributed by atoms with Crippen LogP contribution in [-0.4, -0.2) is 60.0 Å². The molecule has 0 saturated carbocycles. The molecule has 0 spiro atoms. The van der Waals surface area contributed by atoms with E-state index in [0.717, 1.165) is 17.7 Å². The minimum absolute atomic E-state index is 0.148. The zero-order valence-electron chi connectivity index (χ0n) is 17.9. The molecule has 1 aromatic rings. The first-order valence-electron chi connectivity index (χ1n) is 9.68. The quantitative estimate of drug-likeness (QED) is 0.655. The summed E-state index contributed by atoms with van der Waals surface area (Å²) < 4.78 is 5.61. The van der Waals surface area contributed by atoms with Gasteiger partial charge in [0.1, 0.15) is 10.6 Å². The number of carbonyl (C=O) groups is 2. The summed E-state index contributed by atoms with van der Waals surface area (Å²) in [6.07, 6.45) is 1.34. The SMILES string of the molecule is CC/C(C)=C(C)/N=C(\C)C(=O)NC1CCN(c2nc(C)c(C(=O)O)s2)C[C@@H]1OC. The summed E-state index contributed by atoms with van der Waals surface area (Å²) in [5, 5.41) is 12.9. The van der Waals surface area contributed by atoms with Crippen molar-refractivity contribution in [2.75, 3.05) is 25.1 Å². The largest absolute Gasteiger partial charge is 0.477 e. The zero-order chi connectivity index (χ0) is 21.7. The number of carbonyl (C=O) groups excluding carboxylic acids is 1. The smallest absolute Gasteiger partial charge is 0.347 e. The standard InChI is InChI=1S/C20H30N4O4S/c1-7-11(2)12(3)21-14(5)18(25)23-15-8-9-24(10-16(15)28-6)20-22-13(4)17(29-20)19(26)27/h15-16H,7-10H2,1-6H3,(H,23,25)(H,26,27)/b12-11+,21-14+/t15?,16-/m0/s1. The number of anilines is 1. The zero-order valence-corrected chi connectivity index (χ0v) is 18.7. The number of carboxylic acids is 1. The van der Waals surface area contributed by atoms with Crippen LogP contribution < -0.4 is 10.2 Å². The maximum atomic E-state index is 12.6. The number of thiazole rings is 1. The fraction of sp³-hybridized carbons (Fsp3) is 0.600. The Morgan fingerprint density at radius 1 is 1.38 bits per heavy atom. The van der Waals surface area contributed by atoms with Crippen molar-refractivity contribution in [1.29, 1.82) is 0 Å². The van der Waals surface area contributed by atoms with E-state index in [0.29, 0.717) is 36.0 Å². The van der Waals surface area contributed by atoms with E-state index in [1.54, 1.807) is 21.0 Å². The number of nitrogens with one attached hydrogen (secondary N) is 1. The highest BCUT2D eigenvalue weighted by Crippen LogP contribution is 2.29. The maximum absolute atomic E-state index is 12.6. The normalized spacial score (nSPS) is 21.0. The van der Waals surface area contributed by atoms with E-state index < -0.39 is 5.97 Å². The third-order valence-electron chi connectivity index (χ3n) is 5.24. The molecule has 2 rings (SSSR count). The van der Waals surface area contributed by atoms with Crippen molar-refractivity contribution in [2.24, 2.45) is 4.99 Å². The molecule has 1 fully saturated rings. The molecule has 2 N–H and O–H groups in total. The number of hydrogen-bond acceptors (Lipinski definition) is 7. The van der Waals surface area contributed by atoms with Gasteiger partial charge in [0.2, 0.25) is 0 Å². The number of amides is 1. The Hall–Kier alpha value is -2.26. The summed E-state index contributed by atoms with van der Waals surface area (Å²) in [6.45, 7) is 10.6. The molecular formula is C20H30N4O4S. The van der Waals surface area contributed by atoms with Gasteiger partial charge in [-0.3, -0.25) is 9.79 Å². The van der Waals surface area contributed by atoms with Crippen LogP contribution in [0.1, 0.15) is 55.9 Å². The van der Waals surface area contributed by atoms with E-state index >= 15 is 0 Å². The van der Waals surface area contributed by atoms with Gasteiger partial charge in [-0.2, -0.15) is 0 Å². The third-order valence-corrected chi connectivity index (χ3v) is 6.45. The lowest BCUT2D eigenvalue weighted by molar-refractivity contribution is -0.116. The van der Waals surface area contributed by atoms with Gasteiger partial charge in [-0.25, -0.2) is 9.78 Å². The molecule has 0 aromatic carbocycles. The second-order valence-corrected chi connectivity index (χ2v) is 8.20. The summed E-state index contributed by atoms with van der Waals surface area (Å²) in [4.78, 5) is 34.9. The van der Waals surface area contributed by atoms with E-state index in [-0.39, 0.29) is 22.9 Å². The maximum Gasteiger partial charge on any atom is 0.347 e. The van der Waals surface area contributed by atoms with Crippen LogP contribution in [0.2, 0.25) is 0 Å². The molecule has 1 saturated heterocycles. The van der Waals surface area contributed by atoms with Crippen molar-refractivity contribution < 1.29 is 19.4 Å². The summed E-state index contributed by atoms with van der Waals surface area (Å²) >= 11 is 1.17. The Morgan fingerprint density at radius 2 is 2.07 bits per heavy atom. The van der Waals surface area contributed by atoms with Gasteiger partial charge < -0.3 is 20.1 Å². The van der Waals surface area contributed by atoms with Crippen LogP contribution >= 0.6 is 11.3 Å². The van der Waals surface area contributed by atoms with E-state index in [4.69, 9.17) is 4.74 Å². The number of aromatic nitrogens is 1. The topological polar surface area (TPSA) is 104 Å². The van der Waals surface area contributed by atoms with Crippen LogP contribution in [0, 0.1) is 6.92 Å². The molecule has 0 bridgehead atoms. The number of methoxy groups -OCH3 is 1. The van der Waals surface area contributed by atoms with Crippen molar-refractivity contribution >= 4 is 34.1 Å². The summed E-state index contributed by atoms with van der Waals surface area (Å²) in [5.41, 5.74) is 2.96. The number of ether oxygens (including phenoxy) is 1. The Morgan fingerprint density at radius 3 is 2.62 bits per heavy atom. The van der Waals surface area contributed by atoms with Gasteiger partial charge in [-0.1, -0.05) is 23.8 Å². The minimum atomic E-state index is -0.964. The molecule has 8 nitrogen and oxygen atoms in total. The molecule has 0 aliphatic carbocycles. The number of rotatable bonds is 7. The number of piperidine rings is 1. The number of aryl methyl sites for hydroxylation is 1. The summed E-state index contributed by atoms with van der Waals surface area (Å²) in [5.74, 6) is -1.17. The van der Waals surface area contributed by atoms with Crippen LogP contribution in [0.15, 0.2) is 16.3 Å². The van der Waals surface area contributed by atoms with Gasteiger partial charge in [0.05, 0.1) is 17.8 Å². The highest BCUT2D eigenvalue weighted by atomic mass is 32.1. The number of aromatic carboxylic acids is 1. The molecule has 29 heavy (non-hydrogen) atoms. The fourth-order valence-corrected chi connectivity index (χ4v) is 4.08. The third kappa shape index (κ3) is 5.63. The Kier molecular flexibility index (Phi) is 7.92. The Bertz CT molecular complexity index is 830. The van der Waals surface area contributed by atoms with Crippen molar-refractivity contribution in [3.8, 4) is 0 Å². The number of allylic oxidation sites excluding steroid dienone is 2. The fourth-order valence-electron chi connectivity index (χ4n) is 3.14. The van der Waals surface area contributed by atoms with Gasteiger partial charge in [0, 0.05) is 25.9 Å². The lowest BCUT2D eigenvalue weighted by Crippen LogP contribution is -2.55. The van der Waals surface area contributed by atoms with Crippen LogP contribution in [0.3, 0.4) is 0 Å².